The van der Waals surface area contributed by atoms with E-state index in [0.29, 0.717) is 42.0 Å². The summed E-state index contributed by atoms with van der Waals surface area (Å²) in [7, 11) is 3.16. The van der Waals surface area contributed by atoms with Gasteiger partial charge in [-0.1, -0.05) is 12.1 Å². The van der Waals surface area contributed by atoms with E-state index in [4.69, 9.17) is 14.0 Å². The number of benzene rings is 1. The van der Waals surface area contributed by atoms with Crippen LogP contribution in [0.5, 0.6) is 11.5 Å². The Morgan fingerprint density at radius 2 is 2.08 bits per heavy atom. The van der Waals surface area contributed by atoms with Crippen molar-refractivity contribution >= 4 is 5.91 Å². The van der Waals surface area contributed by atoms with E-state index in [2.05, 4.69) is 22.4 Å². The van der Waals surface area contributed by atoms with E-state index in [1.165, 1.54) is 6.42 Å². The van der Waals surface area contributed by atoms with Gasteiger partial charge in [-0.2, -0.15) is 4.98 Å². The molecular formula is C18H23N3O4. The van der Waals surface area contributed by atoms with Crippen molar-refractivity contribution in [1.82, 2.24) is 15.5 Å². The zero-order chi connectivity index (χ0) is 17.8. The Labute approximate surface area is 146 Å². The Bertz CT molecular complexity index is 744. The number of carbonyl (C=O) groups is 1. The Morgan fingerprint density at radius 3 is 2.76 bits per heavy atom. The van der Waals surface area contributed by atoms with Crippen LogP contribution in [0.4, 0.5) is 0 Å². The van der Waals surface area contributed by atoms with Crippen LogP contribution in [-0.4, -0.2) is 36.8 Å². The highest BCUT2D eigenvalue weighted by molar-refractivity contribution is 5.76. The SMILES string of the molecule is COc1ccc(-c2noc(CCC(=O)NCC3CC3C)n2)cc1OC. The summed E-state index contributed by atoms with van der Waals surface area (Å²) >= 11 is 0. The first-order valence-electron chi connectivity index (χ1n) is 8.42. The third kappa shape index (κ3) is 4.29. The van der Waals surface area contributed by atoms with E-state index < -0.39 is 0 Å². The van der Waals surface area contributed by atoms with E-state index in [-0.39, 0.29) is 5.91 Å². The van der Waals surface area contributed by atoms with Crippen LogP contribution in [0.25, 0.3) is 11.4 Å². The lowest BCUT2D eigenvalue weighted by Crippen LogP contribution is -2.26. The molecule has 1 N–H and O–H groups in total. The number of carbonyl (C=O) groups excluding carboxylic acids is 1. The monoisotopic (exact) mass is 345 g/mol. The maximum absolute atomic E-state index is 11.9. The average Bonchev–Trinajstić information content (AvgIpc) is 3.14. The van der Waals surface area contributed by atoms with Crippen LogP contribution in [0, 0.1) is 11.8 Å². The standard InChI is InChI=1S/C18H23N3O4/c1-11-8-13(11)10-19-16(22)6-7-17-20-18(21-25-17)12-4-5-14(23-2)15(9-12)24-3/h4-5,9,11,13H,6-8,10H2,1-3H3,(H,19,22). The smallest absolute Gasteiger partial charge is 0.227 e. The van der Waals surface area contributed by atoms with Gasteiger partial charge in [0.25, 0.3) is 0 Å². The topological polar surface area (TPSA) is 86.5 Å². The number of hydrogen-bond donors (Lipinski definition) is 1. The molecule has 0 spiro atoms. The fourth-order valence-corrected chi connectivity index (χ4v) is 2.69. The molecule has 0 radical (unpaired) electrons. The third-order valence-electron chi connectivity index (χ3n) is 4.51. The molecule has 1 heterocycles. The summed E-state index contributed by atoms with van der Waals surface area (Å²) in [4.78, 5) is 16.2. The van der Waals surface area contributed by atoms with E-state index in [1.54, 1.807) is 26.4 Å². The summed E-state index contributed by atoms with van der Waals surface area (Å²) < 4.78 is 15.7. The van der Waals surface area contributed by atoms with Gasteiger partial charge in [-0.05, 0) is 36.5 Å². The van der Waals surface area contributed by atoms with Gasteiger partial charge in [0, 0.05) is 24.9 Å². The Morgan fingerprint density at radius 1 is 1.32 bits per heavy atom. The molecule has 25 heavy (non-hydrogen) atoms. The second-order valence-electron chi connectivity index (χ2n) is 6.36. The molecular weight excluding hydrogens is 322 g/mol. The van der Waals surface area contributed by atoms with Crippen molar-refractivity contribution in [2.75, 3.05) is 20.8 Å². The van der Waals surface area contributed by atoms with Gasteiger partial charge in [0.15, 0.2) is 11.5 Å². The Kier molecular flexibility index (Phi) is 5.21. The first-order chi connectivity index (χ1) is 12.1. The van der Waals surface area contributed by atoms with Crippen LogP contribution in [0.2, 0.25) is 0 Å². The molecule has 0 aliphatic heterocycles. The van der Waals surface area contributed by atoms with Crippen molar-refractivity contribution in [2.45, 2.75) is 26.2 Å². The molecule has 3 rings (SSSR count). The van der Waals surface area contributed by atoms with Gasteiger partial charge in [0.05, 0.1) is 14.2 Å². The van der Waals surface area contributed by atoms with E-state index in [1.807, 2.05) is 6.07 Å². The molecule has 1 aliphatic carbocycles. The highest BCUT2D eigenvalue weighted by Crippen LogP contribution is 2.36. The van der Waals surface area contributed by atoms with E-state index in [0.717, 1.165) is 18.0 Å². The van der Waals surface area contributed by atoms with Crippen molar-refractivity contribution < 1.29 is 18.8 Å². The molecule has 2 atom stereocenters. The van der Waals surface area contributed by atoms with Gasteiger partial charge in [0.2, 0.25) is 17.6 Å². The van der Waals surface area contributed by atoms with Crippen molar-refractivity contribution in [2.24, 2.45) is 11.8 Å². The van der Waals surface area contributed by atoms with Crippen molar-refractivity contribution in [1.29, 1.82) is 0 Å². The van der Waals surface area contributed by atoms with Gasteiger partial charge in [0.1, 0.15) is 0 Å². The summed E-state index contributed by atoms with van der Waals surface area (Å²) in [5.74, 6) is 3.54. The molecule has 2 unspecified atom stereocenters. The van der Waals surface area contributed by atoms with Crippen LogP contribution in [0.1, 0.15) is 25.7 Å². The molecule has 0 saturated heterocycles. The van der Waals surface area contributed by atoms with Gasteiger partial charge in [-0.3, -0.25) is 4.79 Å². The zero-order valence-corrected chi connectivity index (χ0v) is 14.7. The molecule has 1 aliphatic rings. The number of ether oxygens (including phenoxy) is 2. The van der Waals surface area contributed by atoms with Crippen molar-refractivity contribution in [3.63, 3.8) is 0 Å². The minimum Gasteiger partial charge on any atom is -0.493 e. The summed E-state index contributed by atoms with van der Waals surface area (Å²) in [5, 5.41) is 6.93. The van der Waals surface area contributed by atoms with E-state index in [9.17, 15) is 4.79 Å². The molecule has 1 aromatic heterocycles. The molecule has 1 aromatic carbocycles. The number of rotatable bonds is 8. The van der Waals surface area contributed by atoms with Crippen LogP contribution >= 0.6 is 0 Å². The summed E-state index contributed by atoms with van der Waals surface area (Å²) in [6.45, 7) is 2.96. The lowest BCUT2D eigenvalue weighted by atomic mass is 10.2. The third-order valence-corrected chi connectivity index (χ3v) is 4.51. The minimum atomic E-state index is 0.0185. The van der Waals surface area contributed by atoms with Crippen molar-refractivity contribution in [3.05, 3.63) is 24.1 Å². The number of methoxy groups -OCH3 is 2. The molecule has 7 heteroatoms. The largest absolute Gasteiger partial charge is 0.493 e. The Balaban J connectivity index is 1.56. The molecule has 1 fully saturated rings. The highest BCUT2D eigenvalue weighted by atomic mass is 16.5. The predicted octanol–water partition coefficient (Wildman–Crippen LogP) is 2.46. The summed E-state index contributed by atoms with van der Waals surface area (Å²) in [6, 6.07) is 5.41. The van der Waals surface area contributed by atoms with Gasteiger partial charge >= 0.3 is 0 Å². The number of nitrogens with one attached hydrogen (secondary N) is 1. The molecule has 0 bridgehead atoms. The maximum atomic E-state index is 11.9. The predicted molar refractivity (Wildman–Crippen MR) is 91.4 cm³/mol. The molecule has 7 nitrogen and oxygen atoms in total. The quantitative estimate of drug-likeness (QED) is 0.791. The molecule has 134 valence electrons. The summed E-state index contributed by atoms with van der Waals surface area (Å²) in [6.07, 6.45) is 1.97. The molecule has 2 aromatic rings. The number of aromatic nitrogens is 2. The zero-order valence-electron chi connectivity index (χ0n) is 14.7. The number of amides is 1. The van der Waals surface area contributed by atoms with Gasteiger partial charge in [-0.25, -0.2) is 0 Å². The fourth-order valence-electron chi connectivity index (χ4n) is 2.69. The summed E-state index contributed by atoms with van der Waals surface area (Å²) in [5.41, 5.74) is 0.764. The van der Waals surface area contributed by atoms with Crippen LogP contribution in [-0.2, 0) is 11.2 Å². The average molecular weight is 345 g/mol. The lowest BCUT2D eigenvalue weighted by molar-refractivity contribution is -0.121. The number of aryl methyl sites for hydroxylation is 1. The van der Waals surface area contributed by atoms with Gasteiger partial charge in [-0.15, -0.1) is 0 Å². The Hall–Kier alpha value is -2.57. The number of hydrogen-bond acceptors (Lipinski definition) is 6. The molecule has 1 saturated carbocycles. The maximum Gasteiger partial charge on any atom is 0.227 e. The normalized spacial score (nSPS) is 18.7. The first-order valence-corrected chi connectivity index (χ1v) is 8.42. The van der Waals surface area contributed by atoms with Crippen LogP contribution < -0.4 is 14.8 Å². The first kappa shape index (κ1) is 17.3. The van der Waals surface area contributed by atoms with Gasteiger partial charge < -0.3 is 19.3 Å². The molecule has 1 amide bonds. The van der Waals surface area contributed by atoms with Crippen LogP contribution in [0.15, 0.2) is 22.7 Å². The van der Waals surface area contributed by atoms with Crippen molar-refractivity contribution in [3.8, 4) is 22.9 Å². The lowest BCUT2D eigenvalue weighted by Gasteiger charge is -2.07. The second kappa shape index (κ2) is 7.55. The fraction of sp³-hybridized carbons (Fsp3) is 0.500. The minimum absolute atomic E-state index is 0.0185. The second-order valence-corrected chi connectivity index (χ2v) is 6.36. The number of nitrogens with zero attached hydrogens (tertiary/aromatic N) is 2. The van der Waals surface area contributed by atoms with E-state index >= 15 is 0 Å². The van der Waals surface area contributed by atoms with Crippen LogP contribution in [0.3, 0.4) is 0 Å². The highest BCUT2D eigenvalue weighted by Gasteiger charge is 2.32.